The van der Waals surface area contributed by atoms with Crippen LogP contribution in [0.4, 0.5) is 0 Å². The van der Waals surface area contributed by atoms with E-state index >= 15 is 0 Å². The first kappa shape index (κ1) is 14.3. The lowest BCUT2D eigenvalue weighted by Gasteiger charge is -2.33. The molecule has 0 amide bonds. The van der Waals surface area contributed by atoms with Crippen molar-refractivity contribution in [2.45, 2.75) is 51.5 Å². The molecular formula is C11H22ClNO2S. The van der Waals surface area contributed by atoms with Crippen molar-refractivity contribution in [2.75, 3.05) is 18.8 Å². The van der Waals surface area contributed by atoms with Crippen LogP contribution < -0.4 is 0 Å². The van der Waals surface area contributed by atoms with Gasteiger partial charge in [-0.1, -0.05) is 26.2 Å². The summed E-state index contributed by atoms with van der Waals surface area (Å²) in [6.07, 6.45) is 7.16. The van der Waals surface area contributed by atoms with Crippen molar-refractivity contribution in [1.82, 2.24) is 4.90 Å². The van der Waals surface area contributed by atoms with Gasteiger partial charge in [-0.15, -0.1) is 0 Å². The van der Waals surface area contributed by atoms with E-state index in [1.807, 2.05) is 0 Å². The lowest BCUT2D eigenvalue weighted by molar-refractivity contribution is 0.164. The van der Waals surface area contributed by atoms with Crippen LogP contribution in [0.1, 0.15) is 45.4 Å². The molecule has 3 nitrogen and oxygen atoms in total. The third-order valence-corrected chi connectivity index (χ3v) is 4.57. The Kier molecular flexibility index (Phi) is 6.08. The van der Waals surface area contributed by atoms with E-state index in [0.29, 0.717) is 12.5 Å². The Hall–Kier alpha value is 0.200. The van der Waals surface area contributed by atoms with Crippen LogP contribution in [0, 0.1) is 0 Å². The van der Waals surface area contributed by atoms with Crippen LogP contribution in [-0.4, -0.2) is 38.2 Å². The molecular weight excluding hydrogens is 246 g/mol. The summed E-state index contributed by atoms with van der Waals surface area (Å²) in [6, 6.07) is 0.664. The number of nitrogens with zero attached hydrogens (tertiary/aromatic N) is 1. The number of rotatable bonds is 6. The van der Waals surface area contributed by atoms with Crippen LogP contribution in [0.15, 0.2) is 0 Å². The molecule has 0 saturated heterocycles. The molecule has 0 atom stereocenters. The summed E-state index contributed by atoms with van der Waals surface area (Å²) in [5, 5.41) is 0. The summed E-state index contributed by atoms with van der Waals surface area (Å²) in [4.78, 5) is 2.40. The smallest absolute Gasteiger partial charge is 0.232 e. The SMILES string of the molecule is CCN(CCCS(=O)(=O)Cl)C1CCCCC1. The molecule has 5 heteroatoms. The van der Waals surface area contributed by atoms with Crippen molar-refractivity contribution < 1.29 is 8.42 Å². The van der Waals surface area contributed by atoms with E-state index in [2.05, 4.69) is 11.8 Å². The van der Waals surface area contributed by atoms with E-state index in [4.69, 9.17) is 10.7 Å². The maximum Gasteiger partial charge on any atom is 0.232 e. The highest BCUT2D eigenvalue weighted by atomic mass is 35.7. The predicted octanol–water partition coefficient (Wildman–Crippen LogP) is 2.60. The molecule has 0 radical (unpaired) electrons. The minimum atomic E-state index is -3.31. The standard InChI is InChI=1S/C11H22ClNO2S/c1-2-13(9-6-10-16(12,14)15)11-7-4-3-5-8-11/h11H,2-10H2,1H3. The Balaban J connectivity index is 2.30. The molecule has 1 saturated carbocycles. The zero-order valence-electron chi connectivity index (χ0n) is 9.99. The molecule has 0 bridgehead atoms. The molecule has 0 spiro atoms. The monoisotopic (exact) mass is 267 g/mol. The van der Waals surface area contributed by atoms with Crippen molar-refractivity contribution in [3.8, 4) is 0 Å². The van der Waals surface area contributed by atoms with Gasteiger partial charge in [0.25, 0.3) is 0 Å². The fourth-order valence-corrected chi connectivity index (χ4v) is 3.29. The van der Waals surface area contributed by atoms with E-state index in [1.54, 1.807) is 0 Å². The van der Waals surface area contributed by atoms with Crippen molar-refractivity contribution in [2.24, 2.45) is 0 Å². The van der Waals surface area contributed by atoms with Crippen LogP contribution in [0.5, 0.6) is 0 Å². The maximum absolute atomic E-state index is 10.8. The normalized spacial score (nSPS) is 19.2. The van der Waals surface area contributed by atoms with Crippen LogP contribution in [0.2, 0.25) is 0 Å². The zero-order valence-corrected chi connectivity index (χ0v) is 11.6. The summed E-state index contributed by atoms with van der Waals surface area (Å²) in [7, 11) is 1.89. The molecule has 1 fully saturated rings. The fraction of sp³-hybridized carbons (Fsp3) is 1.00. The number of hydrogen-bond donors (Lipinski definition) is 0. The van der Waals surface area contributed by atoms with E-state index < -0.39 is 9.05 Å². The first-order valence-electron chi connectivity index (χ1n) is 6.19. The predicted molar refractivity (Wildman–Crippen MR) is 68.4 cm³/mol. The molecule has 0 aromatic heterocycles. The highest BCUT2D eigenvalue weighted by molar-refractivity contribution is 8.13. The topological polar surface area (TPSA) is 37.4 Å². The van der Waals surface area contributed by atoms with Gasteiger partial charge in [0, 0.05) is 16.7 Å². The highest BCUT2D eigenvalue weighted by Crippen LogP contribution is 2.22. The average molecular weight is 268 g/mol. The van der Waals surface area contributed by atoms with Gasteiger partial charge in [0.2, 0.25) is 9.05 Å². The largest absolute Gasteiger partial charge is 0.301 e. The second kappa shape index (κ2) is 6.82. The molecule has 1 rings (SSSR count). The Morgan fingerprint density at radius 2 is 1.88 bits per heavy atom. The van der Waals surface area contributed by atoms with Crippen LogP contribution in [-0.2, 0) is 9.05 Å². The molecule has 0 N–H and O–H groups in total. The number of hydrogen-bond acceptors (Lipinski definition) is 3. The molecule has 1 aliphatic carbocycles. The van der Waals surface area contributed by atoms with Gasteiger partial charge in [-0.3, -0.25) is 0 Å². The summed E-state index contributed by atoms with van der Waals surface area (Å²) in [5.74, 6) is 0.0950. The molecule has 1 aliphatic rings. The van der Waals surface area contributed by atoms with Crippen molar-refractivity contribution in [1.29, 1.82) is 0 Å². The quantitative estimate of drug-likeness (QED) is 0.695. The van der Waals surface area contributed by atoms with E-state index in [9.17, 15) is 8.42 Å². The Morgan fingerprint density at radius 1 is 1.25 bits per heavy atom. The molecule has 96 valence electrons. The van der Waals surface area contributed by atoms with Gasteiger partial charge in [-0.05, 0) is 32.4 Å². The van der Waals surface area contributed by atoms with Gasteiger partial charge < -0.3 is 4.90 Å². The molecule has 0 unspecified atom stereocenters. The van der Waals surface area contributed by atoms with Crippen LogP contribution in [0.25, 0.3) is 0 Å². The van der Waals surface area contributed by atoms with Crippen LogP contribution in [0.3, 0.4) is 0 Å². The Labute approximate surface area is 104 Å². The van der Waals surface area contributed by atoms with Gasteiger partial charge >= 0.3 is 0 Å². The van der Waals surface area contributed by atoms with Crippen molar-refractivity contribution in [3.05, 3.63) is 0 Å². The van der Waals surface area contributed by atoms with E-state index in [1.165, 1.54) is 32.1 Å². The van der Waals surface area contributed by atoms with E-state index in [-0.39, 0.29) is 5.75 Å². The molecule has 0 aromatic carbocycles. The Morgan fingerprint density at radius 3 is 2.38 bits per heavy atom. The molecule has 0 heterocycles. The minimum Gasteiger partial charge on any atom is -0.301 e. The fourth-order valence-electron chi connectivity index (χ4n) is 2.49. The first-order valence-corrected chi connectivity index (χ1v) is 8.67. The molecule has 0 aromatic rings. The average Bonchev–Trinajstić information content (AvgIpc) is 2.24. The van der Waals surface area contributed by atoms with Gasteiger partial charge in [-0.25, -0.2) is 8.42 Å². The lowest BCUT2D eigenvalue weighted by atomic mass is 9.94. The Bertz CT molecular complexity index is 286. The van der Waals surface area contributed by atoms with Crippen LogP contribution >= 0.6 is 10.7 Å². The number of halogens is 1. The third kappa shape index (κ3) is 5.51. The highest BCUT2D eigenvalue weighted by Gasteiger charge is 2.19. The lowest BCUT2D eigenvalue weighted by Crippen LogP contribution is -2.37. The van der Waals surface area contributed by atoms with Crippen molar-refractivity contribution >= 4 is 19.7 Å². The van der Waals surface area contributed by atoms with Gasteiger partial charge in [-0.2, -0.15) is 0 Å². The van der Waals surface area contributed by atoms with Gasteiger partial charge in [0.15, 0.2) is 0 Å². The summed E-state index contributed by atoms with van der Waals surface area (Å²) in [5.41, 5.74) is 0. The molecule has 16 heavy (non-hydrogen) atoms. The van der Waals surface area contributed by atoms with E-state index in [0.717, 1.165) is 13.1 Å². The summed E-state index contributed by atoms with van der Waals surface area (Å²) >= 11 is 0. The summed E-state index contributed by atoms with van der Waals surface area (Å²) in [6.45, 7) is 4.00. The second-order valence-electron chi connectivity index (χ2n) is 4.52. The van der Waals surface area contributed by atoms with Gasteiger partial charge in [0.05, 0.1) is 5.75 Å². The maximum atomic E-state index is 10.8. The first-order chi connectivity index (χ1) is 7.53. The second-order valence-corrected chi connectivity index (χ2v) is 7.41. The third-order valence-electron chi connectivity index (χ3n) is 3.33. The molecule has 0 aliphatic heterocycles. The van der Waals surface area contributed by atoms with Crippen molar-refractivity contribution in [3.63, 3.8) is 0 Å². The minimum absolute atomic E-state index is 0.0950. The zero-order chi connectivity index (χ0) is 12.0. The summed E-state index contributed by atoms with van der Waals surface area (Å²) < 4.78 is 21.6. The van der Waals surface area contributed by atoms with Gasteiger partial charge in [0.1, 0.15) is 0 Å².